The van der Waals surface area contributed by atoms with Gasteiger partial charge in [-0.15, -0.1) is 0 Å². The van der Waals surface area contributed by atoms with Crippen LogP contribution in [-0.2, 0) is 0 Å². The minimum Gasteiger partial charge on any atom is -0.328 e. The molecule has 4 N–H and O–H groups in total. The zero-order valence-electron chi connectivity index (χ0n) is 11.8. The topological polar surface area (TPSA) is 52.0 Å². The molecule has 3 heteroatoms. The van der Waals surface area contributed by atoms with Gasteiger partial charge in [0, 0.05) is 12.1 Å². The van der Waals surface area contributed by atoms with E-state index in [9.17, 15) is 0 Å². The van der Waals surface area contributed by atoms with E-state index in [2.05, 4.69) is 28.6 Å². The molecule has 0 aromatic heterocycles. The fraction of sp³-hybridized carbons (Fsp3) is 1.00. The predicted octanol–water partition coefficient (Wildman–Crippen LogP) is 2.22. The van der Waals surface area contributed by atoms with Crippen LogP contribution < -0.4 is 11.5 Å². The number of hydrogen-bond acceptors (Lipinski definition) is 2. The van der Waals surface area contributed by atoms with Crippen LogP contribution in [0.2, 0.25) is 5.31 Å². The Morgan fingerprint density at radius 1 is 1.12 bits per heavy atom. The first-order chi connectivity index (χ1) is 7.41. The molecule has 3 atom stereocenters. The van der Waals surface area contributed by atoms with Gasteiger partial charge in [0.1, 0.15) is 7.85 Å². The molecule has 0 amide bonds. The van der Waals surface area contributed by atoms with E-state index in [1.165, 1.54) is 19.3 Å². The van der Waals surface area contributed by atoms with Crippen molar-refractivity contribution >= 4 is 7.85 Å². The van der Waals surface area contributed by atoms with E-state index in [4.69, 9.17) is 11.5 Å². The first-order valence-corrected chi connectivity index (χ1v) is 6.92. The van der Waals surface area contributed by atoms with Crippen molar-refractivity contribution in [3.8, 4) is 0 Å². The van der Waals surface area contributed by atoms with Crippen LogP contribution in [0, 0.1) is 0 Å². The molecular formula is C13H31BN2. The maximum atomic E-state index is 6.18. The highest BCUT2D eigenvalue weighted by atomic mass is 14.6. The maximum Gasteiger partial charge on any atom is 0.109 e. The Balaban J connectivity index is 3.69. The highest BCUT2D eigenvalue weighted by Gasteiger charge is 2.20. The van der Waals surface area contributed by atoms with Crippen molar-refractivity contribution < 1.29 is 0 Å². The second kappa shape index (κ2) is 8.13. The SMILES string of the molecule is BC(C)(CCC)CC(N)CCCC(N)CC. The Morgan fingerprint density at radius 3 is 2.19 bits per heavy atom. The van der Waals surface area contributed by atoms with E-state index in [-0.39, 0.29) is 0 Å². The monoisotopic (exact) mass is 226 g/mol. The molecule has 96 valence electrons. The lowest BCUT2D eigenvalue weighted by atomic mass is 9.64. The third-order valence-electron chi connectivity index (χ3n) is 3.42. The van der Waals surface area contributed by atoms with Crippen LogP contribution in [-0.4, -0.2) is 19.9 Å². The normalized spacial score (nSPS) is 19.1. The van der Waals surface area contributed by atoms with Crippen molar-refractivity contribution in [1.82, 2.24) is 0 Å². The summed E-state index contributed by atoms with van der Waals surface area (Å²) >= 11 is 0. The minimum absolute atomic E-state index is 0.352. The Kier molecular flexibility index (Phi) is 8.12. The summed E-state index contributed by atoms with van der Waals surface area (Å²) in [6, 6.07) is 0.724. The van der Waals surface area contributed by atoms with Gasteiger partial charge >= 0.3 is 0 Å². The molecule has 0 aliphatic heterocycles. The molecule has 0 bridgehead atoms. The average Bonchev–Trinajstić information content (AvgIpc) is 2.16. The fourth-order valence-corrected chi connectivity index (χ4v) is 2.44. The van der Waals surface area contributed by atoms with Gasteiger partial charge in [0.2, 0.25) is 0 Å². The van der Waals surface area contributed by atoms with Gasteiger partial charge in [-0.2, -0.15) is 0 Å². The van der Waals surface area contributed by atoms with Crippen LogP contribution >= 0.6 is 0 Å². The Labute approximate surface area is 103 Å². The minimum atomic E-state index is 0.352. The van der Waals surface area contributed by atoms with Gasteiger partial charge in [0.05, 0.1) is 0 Å². The first-order valence-electron chi connectivity index (χ1n) is 6.92. The van der Waals surface area contributed by atoms with Crippen molar-refractivity contribution in [2.75, 3.05) is 0 Å². The molecule has 0 fully saturated rings. The smallest absolute Gasteiger partial charge is 0.109 e. The van der Waals surface area contributed by atoms with E-state index in [0.29, 0.717) is 17.4 Å². The summed E-state index contributed by atoms with van der Waals surface area (Å²) in [4.78, 5) is 0. The van der Waals surface area contributed by atoms with Gasteiger partial charge in [-0.3, -0.25) is 0 Å². The predicted molar refractivity (Wildman–Crippen MR) is 76.5 cm³/mol. The van der Waals surface area contributed by atoms with Crippen molar-refractivity contribution in [1.29, 1.82) is 0 Å². The van der Waals surface area contributed by atoms with Gasteiger partial charge in [0.15, 0.2) is 0 Å². The fourth-order valence-electron chi connectivity index (χ4n) is 2.44. The molecule has 16 heavy (non-hydrogen) atoms. The largest absolute Gasteiger partial charge is 0.328 e. The summed E-state index contributed by atoms with van der Waals surface area (Å²) in [6.07, 6.45) is 8.17. The average molecular weight is 226 g/mol. The number of hydrogen-bond donors (Lipinski definition) is 2. The van der Waals surface area contributed by atoms with Crippen LogP contribution in [0.4, 0.5) is 0 Å². The van der Waals surface area contributed by atoms with Crippen LogP contribution in [0.3, 0.4) is 0 Å². The standard InChI is InChI=1S/C13H31BN2/c1-4-9-13(3,14)10-12(16)8-6-7-11(15)5-2/h11-12H,4-10,14-16H2,1-3H3. The van der Waals surface area contributed by atoms with E-state index in [1.807, 2.05) is 0 Å². The number of nitrogens with two attached hydrogens (primary N) is 2. The Morgan fingerprint density at radius 2 is 1.69 bits per heavy atom. The highest BCUT2D eigenvalue weighted by Crippen LogP contribution is 2.33. The molecule has 0 rings (SSSR count). The van der Waals surface area contributed by atoms with E-state index < -0.39 is 0 Å². The summed E-state index contributed by atoms with van der Waals surface area (Å²) in [5, 5.41) is 0.404. The number of rotatable bonds is 9. The van der Waals surface area contributed by atoms with Gasteiger partial charge in [0.25, 0.3) is 0 Å². The summed E-state index contributed by atoms with van der Waals surface area (Å²) in [5.74, 6) is 0. The molecule has 3 unspecified atom stereocenters. The summed E-state index contributed by atoms with van der Waals surface area (Å²) in [6.45, 7) is 6.72. The van der Waals surface area contributed by atoms with Crippen LogP contribution in [0.1, 0.15) is 65.7 Å². The molecule has 0 saturated carbocycles. The third kappa shape index (κ3) is 8.17. The van der Waals surface area contributed by atoms with E-state index >= 15 is 0 Å². The summed E-state index contributed by atoms with van der Waals surface area (Å²) in [7, 11) is 2.33. The molecule has 0 heterocycles. The van der Waals surface area contributed by atoms with Crippen LogP contribution in [0.5, 0.6) is 0 Å². The molecular weight excluding hydrogens is 195 g/mol. The van der Waals surface area contributed by atoms with Gasteiger partial charge in [-0.1, -0.05) is 45.3 Å². The molecule has 0 aromatic rings. The van der Waals surface area contributed by atoms with Crippen molar-refractivity contribution in [2.24, 2.45) is 11.5 Å². The van der Waals surface area contributed by atoms with Crippen LogP contribution in [0.15, 0.2) is 0 Å². The van der Waals surface area contributed by atoms with Gasteiger partial charge < -0.3 is 11.5 Å². The Bertz CT molecular complexity index is 171. The van der Waals surface area contributed by atoms with Gasteiger partial charge in [-0.05, 0) is 25.7 Å². The van der Waals surface area contributed by atoms with Crippen molar-refractivity contribution in [2.45, 2.75) is 83.1 Å². The van der Waals surface area contributed by atoms with Gasteiger partial charge in [-0.25, -0.2) is 0 Å². The van der Waals surface area contributed by atoms with Crippen LogP contribution in [0.25, 0.3) is 0 Å². The second-order valence-corrected chi connectivity index (χ2v) is 5.98. The molecule has 0 aromatic carbocycles. The zero-order chi connectivity index (χ0) is 12.6. The van der Waals surface area contributed by atoms with E-state index in [1.54, 1.807) is 0 Å². The molecule has 0 spiro atoms. The Hall–Kier alpha value is -0.0151. The lowest BCUT2D eigenvalue weighted by molar-refractivity contribution is 0.419. The molecule has 0 aliphatic rings. The highest BCUT2D eigenvalue weighted by molar-refractivity contribution is 6.14. The van der Waals surface area contributed by atoms with E-state index in [0.717, 1.165) is 25.7 Å². The quantitative estimate of drug-likeness (QED) is 0.592. The second-order valence-electron chi connectivity index (χ2n) is 5.98. The lowest BCUT2D eigenvalue weighted by Crippen LogP contribution is -2.27. The molecule has 0 radical (unpaired) electrons. The first kappa shape index (κ1) is 16.0. The third-order valence-corrected chi connectivity index (χ3v) is 3.42. The maximum absolute atomic E-state index is 6.18. The molecule has 0 saturated heterocycles. The molecule has 2 nitrogen and oxygen atoms in total. The zero-order valence-corrected chi connectivity index (χ0v) is 11.8. The summed E-state index contributed by atoms with van der Waals surface area (Å²) in [5.41, 5.74) is 12.1. The molecule has 0 aliphatic carbocycles. The summed E-state index contributed by atoms with van der Waals surface area (Å²) < 4.78 is 0. The van der Waals surface area contributed by atoms with Crippen molar-refractivity contribution in [3.63, 3.8) is 0 Å². The lowest BCUT2D eigenvalue weighted by Gasteiger charge is -2.27. The van der Waals surface area contributed by atoms with Crippen molar-refractivity contribution in [3.05, 3.63) is 0 Å².